The Hall–Kier alpha value is -2.18. The van der Waals surface area contributed by atoms with E-state index >= 15 is 0 Å². The topological polar surface area (TPSA) is 75.3 Å². The molecule has 2 aromatic rings. The third-order valence-corrected chi connectivity index (χ3v) is 5.57. The summed E-state index contributed by atoms with van der Waals surface area (Å²) in [6, 6.07) is 14.6. The molecule has 5 nitrogen and oxygen atoms in total. The molecule has 0 unspecified atom stereocenters. The second-order valence-electron chi connectivity index (χ2n) is 6.52. The van der Waals surface area contributed by atoms with Crippen molar-refractivity contribution in [2.24, 2.45) is 0 Å². The lowest BCUT2D eigenvalue weighted by molar-refractivity contribution is -0.119. The zero-order valence-electron chi connectivity index (χ0n) is 13.7. The lowest BCUT2D eigenvalue weighted by atomic mass is 9.85. The Bertz CT molecular complexity index is 874. The summed E-state index contributed by atoms with van der Waals surface area (Å²) in [4.78, 5) is 12.0. The summed E-state index contributed by atoms with van der Waals surface area (Å²) >= 11 is 0. The van der Waals surface area contributed by atoms with Gasteiger partial charge in [0.15, 0.2) is 0 Å². The van der Waals surface area contributed by atoms with Crippen LogP contribution in [0.1, 0.15) is 30.5 Å². The number of amides is 1. The molecule has 0 saturated carbocycles. The number of hydrogen-bond donors (Lipinski definition) is 2. The molecule has 1 amide bonds. The smallest absolute Gasteiger partial charge is 0.234 e. The maximum Gasteiger partial charge on any atom is 0.234 e. The Balaban J connectivity index is 1.72. The number of anilines is 1. The zero-order valence-corrected chi connectivity index (χ0v) is 14.5. The van der Waals surface area contributed by atoms with Gasteiger partial charge in [0.1, 0.15) is 0 Å². The maximum atomic E-state index is 12.2. The minimum Gasteiger partial charge on any atom is -0.325 e. The second kappa shape index (κ2) is 6.03. The molecule has 0 aliphatic carbocycles. The van der Waals surface area contributed by atoms with Crippen LogP contribution < -0.4 is 10.0 Å². The largest absolute Gasteiger partial charge is 0.325 e. The summed E-state index contributed by atoms with van der Waals surface area (Å²) in [5.41, 5.74) is 2.66. The lowest BCUT2D eigenvalue weighted by Gasteiger charge is -2.16. The highest BCUT2D eigenvalue weighted by Crippen LogP contribution is 2.37. The summed E-state index contributed by atoms with van der Waals surface area (Å²) in [5, 5.41) is 2.84. The molecule has 0 radical (unpaired) electrons. The van der Waals surface area contributed by atoms with Crippen LogP contribution >= 0.6 is 0 Å². The summed E-state index contributed by atoms with van der Waals surface area (Å²) < 4.78 is 27.0. The molecular formula is C18H20N2O3S. The number of benzene rings is 2. The van der Waals surface area contributed by atoms with Gasteiger partial charge in [-0.25, -0.2) is 13.1 Å². The Morgan fingerprint density at radius 3 is 2.46 bits per heavy atom. The first-order chi connectivity index (χ1) is 11.3. The van der Waals surface area contributed by atoms with E-state index in [1.807, 2.05) is 50.2 Å². The SMILES string of the molecule is CC1(C)C(=O)Nc2ccc(CNS(=O)(=O)Cc3ccccc3)cc21. The molecule has 1 heterocycles. The van der Waals surface area contributed by atoms with E-state index in [0.29, 0.717) is 0 Å². The van der Waals surface area contributed by atoms with Gasteiger partial charge in [0, 0.05) is 12.2 Å². The normalized spacial score (nSPS) is 15.8. The highest BCUT2D eigenvalue weighted by atomic mass is 32.2. The lowest BCUT2D eigenvalue weighted by Crippen LogP contribution is -2.27. The number of nitrogens with one attached hydrogen (secondary N) is 2. The van der Waals surface area contributed by atoms with Gasteiger partial charge in [-0.15, -0.1) is 0 Å². The van der Waals surface area contributed by atoms with Crippen molar-refractivity contribution in [3.8, 4) is 0 Å². The number of hydrogen-bond acceptors (Lipinski definition) is 3. The fraction of sp³-hybridized carbons (Fsp3) is 0.278. The monoisotopic (exact) mass is 344 g/mol. The van der Waals surface area contributed by atoms with Gasteiger partial charge < -0.3 is 5.32 Å². The Morgan fingerprint density at radius 2 is 1.75 bits per heavy atom. The van der Waals surface area contributed by atoms with Crippen LogP contribution in [0, 0.1) is 0 Å². The number of rotatable bonds is 5. The molecule has 0 saturated heterocycles. The minimum absolute atomic E-state index is 0.0423. The summed E-state index contributed by atoms with van der Waals surface area (Å²) in [5.74, 6) is -0.0936. The molecule has 126 valence electrons. The summed E-state index contributed by atoms with van der Waals surface area (Å²) in [6.07, 6.45) is 0. The molecule has 0 bridgehead atoms. The number of carbonyl (C=O) groups excluding carboxylic acids is 1. The van der Waals surface area contributed by atoms with Gasteiger partial charge in [-0.2, -0.15) is 0 Å². The van der Waals surface area contributed by atoms with Gasteiger partial charge in [-0.3, -0.25) is 4.79 Å². The van der Waals surface area contributed by atoms with E-state index in [2.05, 4.69) is 10.0 Å². The Morgan fingerprint density at radius 1 is 1.04 bits per heavy atom. The van der Waals surface area contributed by atoms with Gasteiger partial charge in [-0.05, 0) is 36.6 Å². The second-order valence-corrected chi connectivity index (χ2v) is 8.33. The number of fused-ring (bicyclic) bond motifs is 1. The van der Waals surface area contributed by atoms with Crippen molar-refractivity contribution >= 4 is 21.6 Å². The third-order valence-electron chi connectivity index (χ3n) is 4.27. The first kappa shape index (κ1) is 16.7. The van der Waals surface area contributed by atoms with Gasteiger partial charge in [0.2, 0.25) is 15.9 Å². The predicted octanol–water partition coefficient (Wildman–Crippen LogP) is 2.54. The van der Waals surface area contributed by atoms with E-state index in [1.165, 1.54) is 0 Å². The highest BCUT2D eigenvalue weighted by molar-refractivity contribution is 7.88. The first-order valence-corrected chi connectivity index (χ1v) is 9.39. The van der Waals surface area contributed by atoms with Crippen LogP contribution in [-0.2, 0) is 32.5 Å². The Labute approximate surface area is 142 Å². The van der Waals surface area contributed by atoms with E-state index in [-0.39, 0.29) is 18.2 Å². The van der Waals surface area contributed by atoms with Crippen LogP contribution in [0.25, 0.3) is 0 Å². The van der Waals surface area contributed by atoms with E-state index in [1.54, 1.807) is 12.1 Å². The van der Waals surface area contributed by atoms with Crippen LogP contribution in [0.5, 0.6) is 0 Å². The van der Waals surface area contributed by atoms with Gasteiger partial charge in [0.25, 0.3) is 0 Å². The minimum atomic E-state index is -3.42. The summed E-state index contributed by atoms with van der Waals surface area (Å²) in [6.45, 7) is 3.92. The molecule has 6 heteroatoms. The average Bonchev–Trinajstić information content (AvgIpc) is 2.76. The third kappa shape index (κ3) is 3.34. The maximum absolute atomic E-state index is 12.2. The van der Waals surface area contributed by atoms with Crippen LogP contribution in [0.3, 0.4) is 0 Å². The molecule has 0 aromatic heterocycles. The van der Waals surface area contributed by atoms with Crippen molar-refractivity contribution in [3.63, 3.8) is 0 Å². The molecule has 1 aliphatic rings. The van der Waals surface area contributed by atoms with Crippen molar-refractivity contribution in [1.29, 1.82) is 0 Å². The van der Waals surface area contributed by atoms with Crippen LogP contribution in [0.4, 0.5) is 5.69 Å². The first-order valence-electron chi connectivity index (χ1n) is 7.74. The van der Waals surface area contributed by atoms with E-state index in [4.69, 9.17) is 0 Å². The van der Waals surface area contributed by atoms with Crippen LogP contribution in [0.15, 0.2) is 48.5 Å². The quantitative estimate of drug-likeness (QED) is 0.875. The average molecular weight is 344 g/mol. The van der Waals surface area contributed by atoms with Crippen molar-refractivity contribution < 1.29 is 13.2 Å². The van der Waals surface area contributed by atoms with Crippen molar-refractivity contribution in [1.82, 2.24) is 4.72 Å². The molecule has 0 atom stereocenters. The molecule has 2 aromatic carbocycles. The fourth-order valence-corrected chi connectivity index (χ4v) is 3.89. The predicted molar refractivity (Wildman–Crippen MR) is 94.0 cm³/mol. The molecule has 1 aliphatic heterocycles. The van der Waals surface area contributed by atoms with E-state index < -0.39 is 15.4 Å². The van der Waals surface area contributed by atoms with Crippen LogP contribution in [-0.4, -0.2) is 14.3 Å². The van der Waals surface area contributed by atoms with Gasteiger partial charge >= 0.3 is 0 Å². The van der Waals surface area contributed by atoms with E-state index in [0.717, 1.165) is 22.4 Å². The fourth-order valence-electron chi connectivity index (χ4n) is 2.77. The van der Waals surface area contributed by atoms with Gasteiger partial charge in [-0.1, -0.05) is 42.5 Å². The molecular weight excluding hydrogens is 324 g/mol. The van der Waals surface area contributed by atoms with Gasteiger partial charge in [0.05, 0.1) is 11.2 Å². The molecule has 24 heavy (non-hydrogen) atoms. The summed E-state index contributed by atoms with van der Waals surface area (Å²) in [7, 11) is -3.42. The zero-order chi connectivity index (χ0) is 17.4. The van der Waals surface area contributed by atoms with Crippen molar-refractivity contribution in [2.75, 3.05) is 5.32 Å². The number of sulfonamides is 1. The Kier molecular flexibility index (Phi) is 4.19. The van der Waals surface area contributed by atoms with E-state index in [9.17, 15) is 13.2 Å². The highest BCUT2D eigenvalue weighted by Gasteiger charge is 2.38. The molecule has 0 spiro atoms. The van der Waals surface area contributed by atoms with Crippen molar-refractivity contribution in [3.05, 3.63) is 65.2 Å². The number of carbonyl (C=O) groups is 1. The molecule has 3 rings (SSSR count). The molecule has 0 fully saturated rings. The standard InChI is InChI=1S/C18H20N2O3S/c1-18(2)15-10-14(8-9-16(15)20-17(18)21)11-19-24(22,23)12-13-6-4-3-5-7-13/h3-10,19H,11-12H2,1-2H3,(H,20,21). The van der Waals surface area contributed by atoms with Crippen LogP contribution in [0.2, 0.25) is 0 Å². The van der Waals surface area contributed by atoms with Crippen molar-refractivity contribution in [2.45, 2.75) is 31.6 Å². The molecule has 2 N–H and O–H groups in total.